The monoisotopic (exact) mass is 317 g/mol. The van der Waals surface area contributed by atoms with Crippen LogP contribution < -0.4 is 4.74 Å². The van der Waals surface area contributed by atoms with E-state index >= 15 is 0 Å². The van der Waals surface area contributed by atoms with Crippen molar-refractivity contribution in [2.75, 3.05) is 19.7 Å². The van der Waals surface area contributed by atoms with Crippen molar-refractivity contribution in [2.45, 2.75) is 19.4 Å². The van der Waals surface area contributed by atoms with Crippen LogP contribution in [-0.2, 0) is 4.79 Å². The number of amides is 1. The second-order valence-electron chi connectivity index (χ2n) is 4.99. The molecule has 0 bridgehead atoms. The number of carbonyl (C=O) groups is 1. The zero-order valence-corrected chi connectivity index (χ0v) is 12.7. The van der Waals surface area contributed by atoms with Gasteiger partial charge < -0.3 is 14.7 Å². The predicted octanol–water partition coefficient (Wildman–Crippen LogP) is 2.60. The van der Waals surface area contributed by atoms with Crippen molar-refractivity contribution in [3.63, 3.8) is 0 Å². The van der Waals surface area contributed by atoms with Crippen molar-refractivity contribution in [1.29, 1.82) is 0 Å². The fourth-order valence-electron chi connectivity index (χ4n) is 2.23. The van der Waals surface area contributed by atoms with E-state index in [-0.39, 0.29) is 18.4 Å². The Hall–Kier alpha value is -0.970. The summed E-state index contributed by atoms with van der Waals surface area (Å²) in [6.07, 6.45) is 0.428. The average Bonchev–Trinajstić information content (AvgIpc) is 2.89. The Bertz CT molecular complexity index is 493. The molecule has 1 amide bonds. The molecule has 0 aromatic heterocycles. The summed E-state index contributed by atoms with van der Waals surface area (Å²) in [6, 6.07) is 4.87. The molecule has 1 saturated heterocycles. The third kappa shape index (κ3) is 3.78. The van der Waals surface area contributed by atoms with Gasteiger partial charge in [0, 0.05) is 30.1 Å². The molecule has 0 saturated carbocycles. The smallest absolute Gasteiger partial charge is 0.260 e. The first-order valence-electron chi connectivity index (χ1n) is 6.51. The summed E-state index contributed by atoms with van der Waals surface area (Å²) in [6.45, 7) is 2.90. The van der Waals surface area contributed by atoms with Gasteiger partial charge in [-0.1, -0.05) is 23.2 Å². The second kappa shape index (κ2) is 6.66. The number of likely N-dealkylation sites (tertiary alicyclic amines) is 1. The number of hydrogen-bond donors (Lipinski definition) is 1. The van der Waals surface area contributed by atoms with E-state index in [4.69, 9.17) is 27.9 Å². The van der Waals surface area contributed by atoms with Gasteiger partial charge in [0.1, 0.15) is 5.75 Å². The van der Waals surface area contributed by atoms with E-state index in [1.165, 1.54) is 0 Å². The highest BCUT2D eigenvalue weighted by atomic mass is 35.5. The van der Waals surface area contributed by atoms with Gasteiger partial charge in [0.25, 0.3) is 5.91 Å². The number of hydrogen-bond acceptors (Lipinski definition) is 3. The van der Waals surface area contributed by atoms with Gasteiger partial charge in [0.15, 0.2) is 6.61 Å². The van der Waals surface area contributed by atoms with Crippen LogP contribution in [-0.4, -0.2) is 41.7 Å². The van der Waals surface area contributed by atoms with Crippen molar-refractivity contribution in [1.82, 2.24) is 4.90 Å². The van der Waals surface area contributed by atoms with Gasteiger partial charge in [-0.2, -0.15) is 0 Å². The summed E-state index contributed by atoms with van der Waals surface area (Å²) in [5.74, 6) is 0.441. The number of benzene rings is 1. The maximum Gasteiger partial charge on any atom is 0.260 e. The molecule has 0 spiro atoms. The van der Waals surface area contributed by atoms with Crippen LogP contribution in [0.25, 0.3) is 0 Å². The lowest BCUT2D eigenvalue weighted by atomic mass is 10.0. The molecule has 110 valence electrons. The molecule has 1 aliphatic heterocycles. The van der Waals surface area contributed by atoms with Gasteiger partial charge in [0.2, 0.25) is 0 Å². The Labute approximate surface area is 128 Å². The number of nitrogens with zero attached hydrogens (tertiary/aromatic N) is 1. The van der Waals surface area contributed by atoms with Crippen LogP contribution in [0.4, 0.5) is 0 Å². The minimum absolute atomic E-state index is 0.0768. The van der Waals surface area contributed by atoms with Crippen LogP contribution in [0.3, 0.4) is 0 Å². The highest BCUT2D eigenvalue weighted by Gasteiger charge is 2.29. The van der Waals surface area contributed by atoms with Gasteiger partial charge in [-0.15, -0.1) is 0 Å². The SMILES string of the molecule is CC(O)C1CCN(C(=O)COc2cc(Cl)ccc2Cl)C1. The molecule has 1 aromatic rings. The molecule has 4 nitrogen and oxygen atoms in total. The number of rotatable bonds is 4. The van der Waals surface area contributed by atoms with Gasteiger partial charge in [-0.05, 0) is 25.5 Å². The molecule has 2 atom stereocenters. The van der Waals surface area contributed by atoms with E-state index in [1.54, 1.807) is 30.0 Å². The minimum atomic E-state index is -0.393. The van der Waals surface area contributed by atoms with E-state index in [1.807, 2.05) is 0 Å². The molecule has 1 fully saturated rings. The topological polar surface area (TPSA) is 49.8 Å². The quantitative estimate of drug-likeness (QED) is 0.928. The summed E-state index contributed by atoms with van der Waals surface area (Å²) in [5.41, 5.74) is 0. The number of ether oxygens (including phenoxy) is 1. The summed E-state index contributed by atoms with van der Waals surface area (Å²) in [4.78, 5) is 13.7. The Morgan fingerprint density at radius 2 is 2.30 bits per heavy atom. The molecular formula is C14H17Cl2NO3. The lowest BCUT2D eigenvalue weighted by Crippen LogP contribution is -2.34. The minimum Gasteiger partial charge on any atom is -0.482 e. The second-order valence-corrected chi connectivity index (χ2v) is 5.84. The third-order valence-electron chi connectivity index (χ3n) is 3.50. The highest BCUT2D eigenvalue weighted by molar-refractivity contribution is 6.34. The zero-order valence-electron chi connectivity index (χ0n) is 11.2. The van der Waals surface area contributed by atoms with Gasteiger partial charge >= 0.3 is 0 Å². The Kier molecular flexibility index (Phi) is 5.13. The first kappa shape index (κ1) is 15.4. The van der Waals surface area contributed by atoms with Crippen molar-refractivity contribution < 1.29 is 14.6 Å². The standard InChI is InChI=1S/C14H17Cl2NO3/c1-9(18)10-4-5-17(7-10)14(19)8-20-13-6-11(15)2-3-12(13)16/h2-3,6,9-10,18H,4-5,7-8H2,1H3. The molecular weight excluding hydrogens is 301 g/mol. The van der Waals surface area contributed by atoms with Crippen molar-refractivity contribution in [3.05, 3.63) is 28.2 Å². The molecule has 2 unspecified atom stereocenters. The Morgan fingerprint density at radius 1 is 1.55 bits per heavy atom. The third-order valence-corrected chi connectivity index (χ3v) is 4.05. The maximum absolute atomic E-state index is 12.0. The summed E-state index contributed by atoms with van der Waals surface area (Å²) < 4.78 is 5.42. The van der Waals surface area contributed by atoms with Gasteiger partial charge in [-0.25, -0.2) is 0 Å². The van der Waals surface area contributed by atoms with Crippen molar-refractivity contribution >= 4 is 29.1 Å². The van der Waals surface area contributed by atoms with Crippen LogP contribution in [0.2, 0.25) is 10.0 Å². The lowest BCUT2D eigenvalue weighted by molar-refractivity contribution is -0.132. The molecule has 0 aliphatic carbocycles. The lowest BCUT2D eigenvalue weighted by Gasteiger charge is -2.18. The molecule has 1 aromatic carbocycles. The zero-order chi connectivity index (χ0) is 14.7. The van der Waals surface area contributed by atoms with E-state index in [0.717, 1.165) is 6.42 Å². The average molecular weight is 318 g/mol. The summed E-state index contributed by atoms with van der Waals surface area (Å²) in [5, 5.41) is 10.5. The van der Waals surface area contributed by atoms with Gasteiger partial charge in [-0.3, -0.25) is 4.79 Å². The van der Waals surface area contributed by atoms with Crippen LogP contribution in [0.15, 0.2) is 18.2 Å². The molecule has 6 heteroatoms. The number of aliphatic hydroxyl groups excluding tert-OH is 1. The van der Waals surface area contributed by atoms with Gasteiger partial charge in [0.05, 0.1) is 11.1 Å². The highest BCUT2D eigenvalue weighted by Crippen LogP contribution is 2.28. The van der Waals surface area contributed by atoms with E-state index < -0.39 is 6.10 Å². The molecule has 1 N–H and O–H groups in total. The van der Waals surface area contributed by atoms with Crippen LogP contribution in [0.5, 0.6) is 5.75 Å². The number of halogens is 2. The molecule has 1 heterocycles. The maximum atomic E-state index is 12.0. The fourth-order valence-corrected chi connectivity index (χ4v) is 2.56. The Morgan fingerprint density at radius 3 is 2.95 bits per heavy atom. The molecule has 0 radical (unpaired) electrons. The van der Waals surface area contributed by atoms with E-state index in [2.05, 4.69) is 0 Å². The van der Waals surface area contributed by atoms with Crippen LogP contribution in [0.1, 0.15) is 13.3 Å². The van der Waals surface area contributed by atoms with Crippen LogP contribution >= 0.6 is 23.2 Å². The number of aliphatic hydroxyl groups is 1. The van der Waals surface area contributed by atoms with Crippen molar-refractivity contribution in [3.8, 4) is 5.75 Å². The molecule has 1 aliphatic rings. The first-order valence-corrected chi connectivity index (χ1v) is 7.26. The predicted molar refractivity (Wildman–Crippen MR) is 78.3 cm³/mol. The van der Waals surface area contributed by atoms with E-state index in [9.17, 15) is 9.90 Å². The largest absolute Gasteiger partial charge is 0.482 e. The first-order chi connectivity index (χ1) is 9.47. The normalized spacial score (nSPS) is 20.0. The Balaban J connectivity index is 1.88. The van der Waals surface area contributed by atoms with E-state index in [0.29, 0.717) is 28.9 Å². The molecule has 2 rings (SSSR count). The fraction of sp³-hybridized carbons (Fsp3) is 0.500. The van der Waals surface area contributed by atoms with Crippen LogP contribution in [0, 0.1) is 5.92 Å². The molecule has 20 heavy (non-hydrogen) atoms. The summed E-state index contributed by atoms with van der Waals surface area (Å²) in [7, 11) is 0. The van der Waals surface area contributed by atoms with Crippen molar-refractivity contribution in [2.24, 2.45) is 5.92 Å². The summed E-state index contributed by atoms with van der Waals surface area (Å²) >= 11 is 11.8. The number of carbonyl (C=O) groups excluding carboxylic acids is 1.